The third-order valence-electron chi connectivity index (χ3n) is 2.45. The predicted octanol–water partition coefficient (Wildman–Crippen LogP) is 2.80. The fourth-order valence-corrected chi connectivity index (χ4v) is 3.48. The van der Waals surface area contributed by atoms with Gasteiger partial charge in [0.1, 0.15) is 5.82 Å². The van der Waals surface area contributed by atoms with Gasteiger partial charge in [0, 0.05) is 29.7 Å². The van der Waals surface area contributed by atoms with E-state index in [0.29, 0.717) is 0 Å². The Balaban J connectivity index is 1.77. The molecule has 5 heteroatoms. The van der Waals surface area contributed by atoms with Crippen LogP contribution in [0.4, 0.5) is 5.13 Å². The summed E-state index contributed by atoms with van der Waals surface area (Å²) in [6.45, 7) is 3.20. The zero-order valence-corrected chi connectivity index (χ0v) is 10.7. The van der Waals surface area contributed by atoms with Gasteiger partial charge in [0.25, 0.3) is 0 Å². The van der Waals surface area contributed by atoms with Gasteiger partial charge in [0.05, 0.1) is 0 Å². The van der Waals surface area contributed by atoms with Crippen molar-refractivity contribution in [3.8, 4) is 0 Å². The van der Waals surface area contributed by atoms with Crippen LogP contribution in [0.25, 0.3) is 0 Å². The molecule has 84 valence electrons. The van der Waals surface area contributed by atoms with Gasteiger partial charge in [-0.05, 0) is 25.0 Å². The zero-order chi connectivity index (χ0) is 10.5. The summed E-state index contributed by atoms with van der Waals surface area (Å²) in [6.07, 6.45) is 4.83. The van der Waals surface area contributed by atoms with E-state index in [2.05, 4.69) is 33.4 Å². The Labute approximate surface area is 99.2 Å². The maximum absolute atomic E-state index is 4.45. The highest BCUT2D eigenvalue weighted by atomic mass is 32.2. The maximum Gasteiger partial charge on any atom is 0.202 e. The number of nitrogens with zero attached hydrogens (tertiary/aromatic N) is 2. The molecule has 0 aromatic carbocycles. The van der Waals surface area contributed by atoms with Crippen LogP contribution in [0.15, 0.2) is 0 Å². The Morgan fingerprint density at radius 1 is 1.53 bits per heavy atom. The van der Waals surface area contributed by atoms with Crippen molar-refractivity contribution >= 4 is 28.4 Å². The van der Waals surface area contributed by atoms with Crippen molar-refractivity contribution in [2.75, 3.05) is 17.6 Å². The smallest absolute Gasteiger partial charge is 0.202 e. The molecule has 0 amide bonds. The first-order valence-corrected chi connectivity index (χ1v) is 7.38. The lowest BCUT2D eigenvalue weighted by Gasteiger charge is -2.07. The Bertz CT molecular complexity index is 295. The average Bonchev–Trinajstić information content (AvgIpc) is 2.85. The van der Waals surface area contributed by atoms with Crippen LogP contribution in [0, 0.1) is 0 Å². The van der Waals surface area contributed by atoms with E-state index >= 15 is 0 Å². The normalized spacial score (nSPS) is 20.7. The van der Waals surface area contributed by atoms with E-state index in [9.17, 15) is 0 Å². The molecular formula is C10H17N3S2. The number of aryl methyl sites for hydroxylation is 1. The van der Waals surface area contributed by atoms with Crippen LogP contribution in [0.1, 0.15) is 32.0 Å². The molecule has 2 rings (SSSR count). The summed E-state index contributed by atoms with van der Waals surface area (Å²) in [4.78, 5) is 4.45. The van der Waals surface area contributed by atoms with E-state index in [1.165, 1.54) is 30.1 Å². The molecule has 1 aromatic heterocycles. The van der Waals surface area contributed by atoms with Crippen LogP contribution >= 0.6 is 23.3 Å². The summed E-state index contributed by atoms with van der Waals surface area (Å²) >= 11 is 3.56. The fraction of sp³-hybridized carbons (Fsp3) is 0.800. The monoisotopic (exact) mass is 243 g/mol. The van der Waals surface area contributed by atoms with Crippen LogP contribution in [0.2, 0.25) is 0 Å². The molecule has 0 saturated carbocycles. The first-order valence-electron chi connectivity index (χ1n) is 5.56. The molecule has 1 aliphatic heterocycles. The molecule has 1 fully saturated rings. The Morgan fingerprint density at radius 3 is 3.20 bits per heavy atom. The summed E-state index contributed by atoms with van der Waals surface area (Å²) in [7, 11) is 0. The summed E-state index contributed by atoms with van der Waals surface area (Å²) < 4.78 is 4.31. The molecule has 1 unspecified atom stereocenters. The molecule has 0 radical (unpaired) electrons. The fourth-order valence-electron chi connectivity index (χ4n) is 1.66. The van der Waals surface area contributed by atoms with E-state index in [4.69, 9.17) is 0 Å². The highest BCUT2D eigenvalue weighted by Crippen LogP contribution is 2.26. The van der Waals surface area contributed by atoms with Crippen molar-refractivity contribution in [1.29, 1.82) is 0 Å². The standard InChI is InChI=1S/C10H17N3S2/c1-2-4-9-12-10(15-13-9)11-7-8-5-3-6-14-8/h8H,2-7H2,1H3,(H,11,12,13). The molecule has 1 aliphatic rings. The number of hydrogen-bond donors (Lipinski definition) is 1. The Kier molecular flexibility index (Phi) is 4.26. The van der Waals surface area contributed by atoms with Crippen molar-refractivity contribution in [2.24, 2.45) is 0 Å². The minimum absolute atomic E-state index is 0.781. The number of nitrogens with one attached hydrogen (secondary N) is 1. The minimum atomic E-state index is 0.781. The largest absolute Gasteiger partial charge is 0.359 e. The molecule has 1 N–H and O–H groups in total. The molecule has 1 atom stereocenters. The zero-order valence-electron chi connectivity index (χ0n) is 9.03. The van der Waals surface area contributed by atoms with Crippen molar-refractivity contribution < 1.29 is 0 Å². The van der Waals surface area contributed by atoms with Crippen molar-refractivity contribution in [1.82, 2.24) is 9.36 Å². The lowest BCUT2D eigenvalue weighted by atomic mass is 10.2. The first kappa shape index (κ1) is 11.2. The van der Waals surface area contributed by atoms with Gasteiger partial charge in [0.15, 0.2) is 0 Å². The Morgan fingerprint density at radius 2 is 2.47 bits per heavy atom. The minimum Gasteiger partial charge on any atom is -0.359 e. The first-order chi connectivity index (χ1) is 7.38. The molecular weight excluding hydrogens is 226 g/mol. The number of hydrogen-bond acceptors (Lipinski definition) is 5. The molecule has 0 spiro atoms. The third-order valence-corrected chi connectivity index (χ3v) is 4.56. The van der Waals surface area contributed by atoms with Gasteiger partial charge in [-0.25, -0.2) is 4.98 Å². The second kappa shape index (κ2) is 5.70. The highest BCUT2D eigenvalue weighted by molar-refractivity contribution is 8.00. The number of thioether (sulfide) groups is 1. The maximum atomic E-state index is 4.45. The van der Waals surface area contributed by atoms with Crippen molar-refractivity contribution in [3.05, 3.63) is 5.82 Å². The molecule has 3 nitrogen and oxygen atoms in total. The van der Waals surface area contributed by atoms with Crippen LogP contribution in [-0.2, 0) is 6.42 Å². The van der Waals surface area contributed by atoms with Gasteiger partial charge in [-0.15, -0.1) is 0 Å². The molecule has 0 aliphatic carbocycles. The van der Waals surface area contributed by atoms with Gasteiger partial charge in [-0.2, -0.15) is 16.1 Å². The van der Waals surface area contributed by atoms with Crippen LogP contribution < -0.4 is 5.32 Å². The number of anilines is 1. The van der Waals surface area contributed by atoms with Crippen LogP contribution in [-0.4, -0.2) is 26.9 Å². The summed E-state index contributed by atoms with van der Waals surface area (Å²) in [5.74, 6) is 2.31. The van der Waals surface area contributed by atoms with Crippen LogP contribution in [0.3, 0.4) is 0 Å². The molecule has 2 heterocycles. The van der Waals surface area contributed by atoms with Gasteiger partial charge >= 0.3 is 0 Å². The SMILES string of the molecule is CCCc1nsc(NCC2CCCS2)n1. The summed E-state index contributed by atoms with van der Waals surface area (Å²) in [6, 6.07) is 0. The highest BCUT2D eigenvalue weighted by Gasteiger charge is 2.15. The summed E-state index contributed by atoms with van der Waals surface area (Å²) in [5.41, 5.74) is 0. The lowest BCUT2D eigenvalue weighted by molar-refractivity contribution is 0.803. The molecule has 0 bridgehead atoms. The molecule has 15 heavy (non-hydrogen) atoms. The van der Waals surface area contributed by atoms with Crippen molar-refractivity contribution in [3.63, 3.8) is 0 Å². The van der Waals surface area contributed by atoms with E-state index in [1.54, 1.807) is 0 Å². The van der Waals surface area contributed by atoms with Crippen molar-refractivity contribution in [2.45, 2.75) is 37.9 Å². The third kappa shape index (κ3) is 3.34. The van der Waals surface area contributed by atoms with Crippen LogP contribution in [0.5, 0.6) is 0 Å². The Hall–Kier alpha value is -0.290. The van der Waals surface area contributed by atoms with E-state index in [0.717, 1.165) is 35.6 Å². The van der Waals surface area contributed by atoms with E-state index in [1.807, 2.05) is 0 Å². The topological polar surface area (TPSA) is 37.8 Å². The van der Waals surface area contributed by atoms with Gasteiger partial charge in [-0.1, -0.05) is 6.92 Å². The second-order valence-corrected chi connectivity index (χ2v) is 5.94. The van der Waals surface area contributed by atoms with E-state index in [-0.39, 0.29) is 0 Å². The lowest BCUT2D eigenvalue weighted by Crippen LogP contribution is -2.13. The second-order valence-electron chi connectivity index (χ2n) is 3.78. The molecule has 1 aromatic rings. The predicted molar refractivity (Wildman–Crippen MR) is 67.9 cm³/mol. The number of rotatable bonds is 5. The van der Waals surface area contributed by atoms with Gasteiger partial charge in [-0.3, -0.25) is 0 Å². The summed E-state index contributed by atoms with van der Waals surface area (Å²) in [5, 5.41) is 5.16. The van der Waals surface area contributed by atoms with Gasteiger partial charge in [0.2, 0.25) is 5.13 Å². The van der Waals surface area contributed by atoms with Gasteiger partial charge < -0.3 is 5.32 Å². The average molecular weight is 243 g/mol. The number of aromatic nitrogens is 2. The quantitative estimate of drug-likeness (QED) is 0.863. The van der Waals surface area contributed by atoms with E-state index < -0.39 is 0 Å². The molecule has 1 saturated heterocycles.